The van der Waals surface area contributed by atoms with Gasteiger partial charge in [0.15, 0.2) is 0 Å². The van der Waals surface area contributed by atoms with Crippen LogP contribution in [-0.4, -0.2) is 33.5 Å². The molecule has 0 fully saturated rings. The number of unbranched alkanes of at least 4 members (excludes halogenated alkanes) is 4. The lowest BCUT2D eigenvalue weighted by Crippen LogP contribution is -2.35. The van der Waals surface area contributed by atoms with Crippen LogP contribution in [0.3, 0.4) is 0 Å². The fraction of sp³-hybridized carbons (Fsp3) is 1.00. The van der Waals surface area contributed by atoms with Gasteiger partial charge in [-0.2, -0.15) is 0 Å². The van der Waals surface area contributed by atoms with E-state index in [4.69, 9.17) is 32.1 Å². The molecule has 104 valence electrons. The van der Waals surface area contributed by atoms with E-state index >= 15 is 0 Å². The fourth-order valence-electron chi connectivity index (χ4n) is 1.42. The number of hydrogen-bond acceptors (Lipinski definition) is 2. The molecule has 5 heteroatoms. The van der Waals surface area contributed by atoms with E-state index in [1.54, 1.807) is 0 Å². The van der Waals surface area contributed by atoms with E-state index in [0.29, 0.717) is 0 Å². The van der Waals surface area contributed by atoms with Gasteiger partial charge < -0.3 is 8.85 Å². The maximum atomic E-state index is 5.83. The van der Waals surface area contributed by atoms with Gasteiger partial charge in [-0.1, -0.05) is 12.8 Å². The molecule has 0 aromatic heterocycles. The van der Waals surface area contributed by atoms with E-state index in [1.165, 1.54) is 0 Å². The molecule has 0 aromatic rings. The maximum Gasteiger partial charge on any atom is 0.331 e. The minimum Gasteiger partial charge on any atom is -0.395 e. The first-order valence-electron chi connectivity index (χ1n) is 6.52. The fourth-order valence-corrected chi connectivity index (χ4v) is 3.16. The molecular formula is C12H26Cl2O2Si. The second-order valence-electron chi connectivity index (χ2n) is 4.60. The summed E-state index contributed by atoms with van der Waals surface area (Å²) in [5.74, 6) is 1.50. The zero-order valence-corrected chi connectivity index (χ0v) is 13.7. The Balaban J connectivity index is 3.38. The van der Waals surface area contributed by atoms with Gasteiger partial charge in [-0.15, -0.1) is 23.2 Å². The summed E-state index contributed by atoms with van der Waals surface area (Å²) < 4.78 is 11.7. The van der Waals surface area contributed by atoms with Gasteiger partial charge in [-0.3, -0.25) is 0 Å². The average molecular weight is 301 g/mol. The standard InChI is InChI=1S/C12H26Cl2O2Si/c1-17(2,15-11-7-3-5-9-13)16-12-8-4-6-10-14/h3-12H2,1-2H3. The van der Waals surface area contributed by atoms with Gasteiger partial charge in [0.2, 0.25) is 0 Å². The van der Waals surface area contributed by atoms with Crippen LogP contribution in [0, 0.1) is 0 Å². The van der Waals surface area contributed by atoms with Crippen LogP contribution in [0.15, 0.2) is 0 Å². The highest BCUT2D eigenvalue weighted by atomic mass is 35.5. The van der Waals surface area contributed by atoms with E-state index in [1.807, 2.05) is 0 Å². The molecule has 0 radical (unpaired) electrons. The lowest BCUT2D eigenvalue weighted by Gasteiger charge is -2.22. The highest BCUT2D eigenvalue weighted by Gasteiger charge is 2.23. The second-order valence-corrected chi connectivity index (χ2v) is 8.73. The molecule has 0 saturated heterocycles. The quantitative estimate of drug-likeness (QED) is 0.299. The maximum absolute atomic E-state index is 5.83. The van der Waals surface area contributed by atoms with Crippen LogP contribution in [-0.2, 0) is 8.85 Å². The Kier molecular flexibility index (Phi) is 12.3. The topological polar surface area (TPSA) is 18.5 Å². The van der Waals surface area contributed by atoms with Crippen molar-refractivity contribution in [3.05, 3.63) is 0 Å². The number of rotatable bonds is 12. The van der Waals surface area contributed by atoms with Crippen molar-refractivity contribution in [3.8, 4) is 0 Å². The average Bonchev–Trinajstić information content (AvgIpc) is 2.28. The third-order valence-electron chi connectivity index (χ3n) is 2.46. The highest BCUT2D eigenvalue weighted by Crippen LogP contribution is 2.10. The van der Waals surface area contributed by atoms with E-state index in [-0.39, 0.29) is 0 Å². The second kappa shape index (κ2) is 11.8. The molecule has 0 heterocycles. The van der Waals surface area contributed by atoms with Crippen molar-refractivity contribution in [1.29, 1.82) is 0 Å². The van der Waals surface area contributed by atoms with Gasteiger partial charge in [0, 0.05) is 25.0 Å². The molecule has 17 heavy (non-hydrogen) atoms. The van der Waals surface area contributed by atoms with Gasteiger partial charge in [0.05, 0.1) is 0 Å². The number of halogens is 2. The van der Waals surface area contributed by atoms with Crippen LogP contribution < -0.4 is 0 Å². The van der Waals surface area contributed by atoms with Crippen LogP contribution in [0.2, 0.25) is 13.1 Å². The van der Waals surface area contributed by atoms with Crippen molar-refractivity contribution in [2.45, 2.75) is 51.6 Å². The molecule has 0 unspecified atom stereocenters. The van der Waals surface area contributed by atoms with Crippen LogP contribution in [0.4, 0.5) is 0 Å². The molecule has 2 nitrogen and oxygen atoms in total. The molecule has 0 aliphatic rings. The molecule has 0 spiro atoms. The predicted molar refractivity (Wildman–Crippen MR) is 78.5 cm³/mol. The van der Waals surface area contributed by atoms with Crippen LogP contribution >= 0.6 is 23.2 Å². The number of hydrogen-bond donors (Lipinski definition) is 0. The van der Waals surface area contributed by atoms with Crippen molar-refractivity contribution >= 4 is 31.8 Å². The molecule has 0 aromatic carbocycles. The Morgan fingerprint density at radius 1 is 0.706 bits per heavy atom. The van der Waals surface area contributed by atoms with Crippen molar-refractivity contribution in [2.24, 2.45) is 0 Å². The molecule has 0 N–H and O–H groups in total. The Morgan fingerprint density at radius 3 is 1.47 bits per heavy atom. The lowest BCUT2D eigenvalue weighted by atomic mass is 10.3. The first-order valence-corrected chi connectivity index (χ1v) is 10.4. The minimum absolute atomic E-state index is 0.748. The highest BCUT2D eigenvalue weighted by molar-refractivity contribution is 6.64. The van der Waals surface area contributed by atoms with E-state index < -0.39 is 8.56 Å². The Bertz CT molecular complexity index is 153. The first-order chi connectivity index (χ1) is 8.12. The molecule has 0 amide bonds. The van der Waals surface area contributed by atoms with Crippen molar-refractivity contribution in [3.63, 3.8) is 0 Å². The van der Waals surface area contributed by atoms with Gasteiger partial charge in [0.25, 0.3) is 0 Å². The van der Waals surface area contributed by atoms with E-state index in [0.717, 1.165) is 63.5 Å². The zero-order valence-electron chi connectivity index (χ0n) is 11.1. The lowest BCUT2D eigenvalue weighted by molar-refractivity contribution is 0.173. The summed E-state index contributed by atoms with van der Waals surface area (Å²) in [7, 11) is -1.89. The monoisotopic (exact) mass is 300 g/mol. The SMILES string of the molecule is C[Si](C)(OCCCCCCl)OCCCCCCl. The third-order valence-corrected chi connectivity index (χ3v) is 4.79. The molecule has 0 saturated carbocycles. The Labute approximate surface area is 117 Å². The van der Waals surface area contributed by atoms with Gasteiger partial charge in [-0.05, 0) is 38.8 Å². The molecule has 0 atom stereocenters. The smallest absolute Gasteiger partial charge is 0.331 e. The summed E-state index contributed by atoms with van der Waals surface area (Å²) >= 11 is 11.2. The molecular weight excluding hydrogens is 275 g/mol. The van der Waals surface area contributed by atoms with Gasteiger partial charge in [-0.25, -0.2) is 0 Å². The molecule has 0 aliphatic carbocycles. The van der Waals surface area contributed by atoms with Crippen molar-refractivity contribution in [1.82, 2.24) is 0 Å². The van der Waals surface area contributed by atoms with Crippen LogP contribution in [0.1, 0.15) is 38.5 Å². The van der Waals surface area contributed by atoms with E-state index in [9.17, 15) is 0 Å². The van der Waals surface area contributed by atoms with Gasteiger partial charge in [0.1, 0.15) is 0 Å². The Hall–Kier alpha value is 0.717. The zero-order chi connectivity index (χ0) is 13.0. The normalized spacial score (nSPS) is 12.0. The van der Waals surface area contributed by atoms with E-state index in [2.05, 4.69) is 13.1 Å². The molecule has 0 aliphatic heterocycles. The van der Waals surface area contributed by atoms with Crippen molar-refractivity contribution in [2.75, 3.05) is 25.0 Å². The molecule has 0 rings (SSSR count). The summed E-state index contributed by atoms with van der Waals surface area (Å²) in [6.45, 7) is 5.82. The Morgan fingerprint density at radius 2 is 1.12 bits per heavy atom. The predicted octanol–water partition coefficient (Wildman–Crippen LogP) is 4.54. The summed E-state index contributed by atoms with van der Waals surface area (Å²) in [4.78, 5) is 0. The summed E-state index contributed by atoms with van der Waals surface area (Å²) in [6, 6.07) is 0. The summed E-state index contributed by atoms with van der Waals surface area (Å²) in [6.07, 6.45) is 6.60. The van der Waals surface area contributed by atoms with Crippen LogP contribution in [0.5, 0.6) is 0 Å². The minimum atomic E-state index is -1.89. The van der Waals surface area contributed by atoms with Crippen molar-refractivity contribution < 1.29 is 8.85 Å². The van der Waals surface area contributed by atoms with Gasteiger partial charge >= 0.3 is 8.56 Å². The largest absolute Gasteiger partial charge is 0.395 e. The summed E-state index contributed by atoms with van der Waals surface area (Å²) in [5, 5.41) is 0. The van der Waals surface area contributed by atoms with Crippen LogP contribution in [0.25, 0.3) is 0 Å². The summed E-state index contributed by atoms with van der Waals surface area (Å²) in [5.41, 5.74) is 0. The third kappa shape index (κ3) is 13.0. The first kappa shape index (κ1) is 17.7. The molecule has 0 bridgehead atoms. The number of alkyl halides is 2.